The fourth-order valence-corrected chi connectivity index (χ4v) is 2.50. The normalized spacial score (nSPS) is 12.2. The van der Waals surface area contributed by atoms with Gasteiger partial charge in [0.25, 0.3) is 0 Å². The highest BCUT2D eigenvalue weighted by Crippen LogP contribution is 2.34. The van der Waals surface area contributed by atoms with Crippen molar-refractivity contribution in [2.24, 2.45) is 0 Å². The number of hydrogen-bond donors (Lipinski definition) is 1. The molecular weight excluding hydrogens is 283 g/mol. The molecule has 19 heavy (non-hydrogen) atoms. The van der Waals surface area contributed by atoms with Gasteiger partial charge in [-0.3, -0.25) is 0 Å². The van der Waals surface area contributed by atoms with Crippen molar-refractivity contribution < 1.29 is 9.84 Å². The van der Waals surface area contributed by atoms with Crippen LogP contribution in [0.4, 0.5) is 0 Å². The van der Waals surface area contributed by atoms with Crippen molar-refractivity contribution in [2.75, 3.05) is 7.11 Å². The highest BCUT2D eigenvalue weighted by Gasteiger charge is 2.18. The second-order valence-corrected chi connectivity index (χ2v) is 4.98. The lowest BCUT2D eigenvalue weighted by Gasteiger charge is -2.17. The van der Waals surface area contributed by atoms with E-state index in [-0.39, 0.29) is 0 Å². The fourth-order valence-electron chi connectivity index (χ4n) is 1.99. The number of hydrogen-bond acceptors (Lipinski definition) is 2. The lowest BCUT2D eigenvalue weighted by atomic mass is 10.0. The van der Waals surface area contributed by atoms with Gasteiger partial charge in [-0.2, -0.15) is 0 Å². The Labute approximate surface area is 122 Å². The minimum Gasteiger partial charge on any atom is -0.496 e. The Hall–Kier alpha value is -1.22. The van der Waals surface area contributed by atoms with Crippen LogP contribution in [0.1, 0.15) is 17.2 Å². The van der Waals surface area contributed by atoms with Gasteiger partial charge in [-0.25, -0.2) is 0 Å². The van der Waals surface area contributed by atoms with Crippen molar-refractivity contribution >= 4 is 23.2 Å². The van der Waals surface area contributed by atoms with Crippen LogP contribution in [0.3, 0.4) is 0 Å². The van der Waals surface area contributed by atoms with E-state index in [1.54, 1.807) is 31.4 Å². The van der Waals surface area contributed by atoms with Crippen LogP contribution in [0, 0.1) is 0 Å². The van der Waals surface area contributed by atoms with Crippen molar-refractivity contribution in [3.8, 4) is 5.75 Å². The van der Waals surface area contributed by atoms with Gasteiger partial charge in [-0.1, -0.05) is 47.5 Å². The average molecular weight is 297 g/mol. The Balaban J connectivity index is 2.30. The molecule has 0 aliphatic rings. The quantitative estimate of drug-likeness (QED) is 0.912. The maximum Gasteiger partial charge on any atom is 0.126 e. The van der Waals surface area contributed by atoms with Crippen LogP contribution in [-0.4, -0.2) is 12.2 Å². The van der Waals surface area contributed by atoms with Crippen molar-refractivity contribution in [3.63, 3.8) is 0 Å². The molecule has 2 aromatic rings. The maximum absolute atomic E-state index is 10.4. The van der Waals surface area contributed by atoms with Crippen molar-refractivity contribution in [1.29, 1.82) is 0 Å². The number of halogens is 2. The van der Waals surface area contributed by atoms with Crippen LogP contribution in [-0.2, 0) is 6.42 Å². The van der Waals surface area contributed by atoms with Crippen molar-refractivity contribution in [3.05, 3.63) is 63.6 Å². The molecule has 0 aliphatic carbocycles. The van der Waals surface area contributed by atoms with E-state index in [9.17, 15) is 5.11 Å². The van der Waals surface area contributed by atoms with Crippen LogP contribution in [0.25, 0.3) is 0 Å². The second-order valence-electron chi connectivity index (χ2n) is 4.17. The van der Waals surface area contributed by atoms with E-state index >= 15 is 0 Å². The van der Waals surface area contributed by atoms with Gasteiger partial charge in [0, 0.05) is 17.0 Å². The minimum absolute atomic E-state index is 0.389. The lowest BCUT2D eigenvalue weighted by molar-refractivity contribution is 0.174. The topological polar surface area (TPSA) is 29.5 Å². The predicted octanol–water partition coefficient (Wildman–Crippen LogP) is 4.28. The highest BCUT2D eigenvalue weighted by atomic mass is 35.5. The minimum atomic E-state index is -0.761. The molecule has 0 radical (unpaired) electrons. The molecule has 2 rings (SSSR count). The zero-order valence-corrected chi connectivity index (χ0v) is 11.9. The summed E-state index contributed by atoms with van der Waals surface area (Å²) in [6, 6.07) is 12.7. The summed E-state index contributed by atoms with van der Waals surface area (Å²) >= 11 is 12.2. The van der Waals surface area contributed by atoms with Crippen LogP contribution in [0.2, 0.25) is 10.0 Å². The highest BCUT2D eigenvalue weighted by molar-refractivity contribution is 6.32. The standard InChI is InChI=1S/C15H14Cl2O2/c1-19-14-8-4-7-12(17)15(14)13(18)9-10-5-2-3-6-11(10)16/h2-8,13,18H,9H2,1H3. The first-order valence-corrected chi connectivity index (χ1v) is 6.63. The third-order valence-electron chi connectivity index (χ3n) is 2.94. The summed E-state index contributed by atoms with van der Waals surface area (Å²) in [7, 11) is 1.55. The molecule has 0 aromatic heterocycles. The van der Waals surface area contributed by atoms with E-state index < -0.39 is 6.10 Å². The largest absolute Gasteiger partial charge is 0.496 e. The van der Waals surface area contributed by atoms with E-state index in [2.05, 4.69) is 0 Å². The number of aliphatic hydroxyl groups is 1. The monoisotopic (exact) mass is 296 g/mol. The molecule has 0 fully saturated rings. The molecule has 2 aromatic carbocycles. The van der Waals surface area contributed by atoms with Gasteiger partial charge < -0.3 is 9.84 Å². The van der Waals surface area contributed by atoms with Gasteiger partial charge >= 0.3 is 0 Å². The van der Waals surface area contributed by atoms with E-state index in [1.165, 1.54) is 0 Å². The molecular formula is C15H14Cl2O2. The SMILES string of the molecule is COc1cccc(Cl)c1C(O)Cc1ccccc1Cl. The van der Waals surface area contributed by atoms with Gasteiger partial charge in [-0.15, -0.1) is 0 Å². The Bertz CT molecular complexity index is 570. The zero-order chi connectivity index (χ0) is 13.8. The summed E-state index contributed by atoms with van der Waals surface area (Å²) in [4.78, 5) is 0. The number of aliphatic hydroxyl groups excluding tert-OH is 1. The van der Waals surface area contributed by atoms with Crippen molar-refractivity contribution in [2.45, 2.75) is 12.5 Å². The van der Waals surface area contributed by atoms with Gasteiger partial charge in [0.2, 0.25) is 0 Å². The molecule has 0 heterocycles. The summed E-state index contributed by atoms with van der Waals surface area (Å²) in [5, 5.41) is 11.5. The molecule has 1 N–H and O–H groups in total. The summed E-state index contributed by atoms with van der Waals surface area (Å²) in [6.07, 6.45) is -0.372. The molecule has 0 amide bonds. The van der Waals surface area contributed by atoms with Crippen LogP contribution in [0.5, 0.6) is 5.75 Å². The van der Waals surface area contributed by atoms with Crippen LogP contribution in [0.15, 0.2) is 42.5 Å². The Kier molecular flexibility index (Phi) is 4.70. The van der Waals surface area contributed by atoms with Crippen LogP contribution >= 0.6 is 23.2 Å². The molecule has 2 nitrogen and oxygen atoms in total. The average Bonchev–Trinajstić information content (AvgIpc) is 2.40. The summed E-state index contributed by atoms with van der Waals surface area (Å²) in [5.41, 5.74) is 1.46. The van der Waals surface area contributed by atoms with Crippen LogP contribution < -0.4 is 4.74 Å². The Morgan fingerprint density at radius 1 is 1.05 bits per heavy atom. The van der Waals surface area contributed by atoms with E-state index in [0.29, 0.717) is 27.8 Å². The van der Waals surface area contributed by atoms with Gasteiger partial charge in [0.1, 0.15) is 5.75 Å². The number of ether oxygens (including phenoxy) is 1. The van der Waals surface area contributed by atoms with Crippen molar-refractivity contribution in [1.82, 2.24) is 0 Å². The molecule has 0 saturated heterocycles. The third kappa shape index (κ3) is 3.21. The maximum atomic E-state index is 10.4. The van der Waals surface area contributed by atoms with E-state index in [4.69, 9.17) is 27.9 Å². The Morgan fingerprint density at radius 3 is 2.42 bits per heavy atom. The molecule has 1 unspecified atom stereocenters. The van der Waals surface area contributed by atoms with Gasteiger partial charge in [0.15, 0.2) is 0 Å². The fraction of sp³-hybridized carbons (Fsp3) is 0.200. The summed E-state index contributed by atoms with van der Waals surface area (Å²) < 4.78 is 5.24. The van der Waals surface area contributed by atoms with E-state index in [1.807, 2.05) is 18.2 Å². The second kappa shape index (κ2) is 6.29. The molecule has 0 aliphatic heterocycles. The summed E-state index contributed by atoms with van der Waals surface area (Å²) in [5.74, 6) is 0.576. The molecule has 0 saturated carbocycles. The first-order valence-electron chi connectivity index (χ1n) is 5.87. The number of benzene rings is 2. The molecule has 1 atom stereocenters. The smallest absolute Gasteiger partial charge is 0.126 e. The first kappa shape index (κ1) is 14.2. The first-order chi connectivity index (χ1) is 9.13. The summed E-state index contributed by atoms with van der Waals surface area (Å²) in [6.45, 7) is 0. The molecule has 0 spiro atoms. The lowest BCUT2D eigenvalue weighted by Crippen LogP contribution is -2.05. The van der Waals surface area contributed by atoms with E-state index in [0.717, 1.165) is 5.56 Å². The predicted molar refractivity (Wildman–Crippen MR) is 78.1 cm³/mol. The van der Waals surface area contributed by atoms with Gasteiger partial charge in [0.05, 0.1) is 18.2 Å². The third-order valence-corrected chi connectivity index (χ3v) is 3.64. The van der Waals surface area contributed by atoms with Gasteiger partial charge in [-0.05, 0) is 23.8 Å². The molecule has 0 bridgehead atoms. The molecule has 100 valence electrons. The number of methoxy groups -OCH3 is 1. The molecule has 4 heteroatoms. The number of rotatable bonds is 4. The zero-order valence-electron chi connectivity index (χ0n) is 10.4. The Morgan fingerprint density at radius 2 is 1.74 bits per heavy atom.